The third-order valence-electron chi connectivity index (χ3n) is 1.20. The van der Waals surface area contributed by atoms with Gasteiger partial charge in [0.2, 0.25) is 11.9 Å². The van der Waals surface area contributed by atoms with E-state index in [1.54, 1.807) is 0 Å². The number of hydrogen-bond donors (Lipinski definition) is 2. The number of hydrogen-bond acceptors (Lipinski definition) is 4. The average Bonchev–Trinajstić information content (AvgIpc) is 1.78. The zero-order valence-corrected chi connectivity index (χ0v) is 7.93. The molecular weight excluding hydrogens is 171 g/mol. The molecule has 0 fully saturated rings. The fourth-order valence-electron chi connectivity index (χ4n) is 0.826. The SMILES string of the molecule is CC(C)(C)Nc1nc(N)cc(F)n1. The van der Waals surface area contributed by atoms with E-state index in [0.717, 1.165) is 6.07 Å². The van der Waals surface area contributed by atoms with Gasteiger partial charge in [-0.2, -0.15) is 14.4 Å². The molecule has 0 atom stereocenters. The molecule has 1 rings (SSSR count). The van der Waals surface area contributed by atoms with Crippen molar-refractivity contribution in [1.82, 2.24) is 9.97 Å². The average molecular weight is 184 g/mol. The van der Waals surface area contributed by atoms with Crippen LogP contribution in [0, 0.1) is 5.95 Å². The minimum atomic E-state index is -0.626. The van der Waals surface area contributed by atoms with Crippen LogP contribution in [-0.2, 0) is 0 Å². The summed E-state index contributed by atoms with van der Waals surface area (Å²) in [5, 5.41) is 2.92. The summed E-state index contributed by atoms with van der Waals surface area (Å²) in [6.07, 6.45) is 0. The largest absolute Gasteiger partial charge is 0.383 e. The van der Waals surface area contributed by atoms with E-state index in [1.807, 2.05) is 20.8 Å². The Bertz CT molecular complexity index is 285. The lowest BCUT2D eigenvalue weighted by Gasteiger charge is -2.20. The quantitative estimate of drug-likeness (QED) is 0.648. The van der Waals surface area contributed by atoms with Crippen LogP contribution in [0.1, 0.15) is 20.8 Å². The van der Waals surface area contributed by atoms with Gasteiger partial charge in [0.1, 0.15) is 5.82 Å². The van der Waals surface area contributed by atoms with E-state index in [9.17, 15) is 4.39 Å². The van der Waals surface area contributed by atoms with Gasteiger partial charge in [-0.1, -0.05) is 0 Å². The first-order chi connectivity index (χ1) is 5.87. The topological polar surface area (TPSA) is 63.8 Å². The second-order valence-corrected chi connectivity index (χ2v) is 3.81. The van der Waals surface area contributed by atoms with E-state index < -0.39 is 5.95 Å². The highest BCUT2D eigenvalue weighted by Crippen LogP contribution is 2.11. The Morgan fingerprint density at radius 3 is 2.46 bits per heavy atom. The molecule has 0 aromatic carbocycles. The van der Waals surface area contributed by atoms with Crippen molar-refractivity contribution in [3.8, 4) is 0 Å². The van der Waals surface area contributed by atoms with Crippen molar-refractivity contribution in [1.29, 1.82) is 0 Å². The van der Waals surface area contributed by atoms with Crippen LogP contribution in [-0.4, -0.2) is 15.5 Å². The van der Waals surface area contributed by atoms with Gasteiger partial charge in [0.25, 0.3) is 0 Å². The molecule has 0 aliphatic carbocycles. The Balaban J connectivity index is 2.90. The summed E-state index contributed by atoms with van der Waals surface area (Å²) in [4.78, 5) is 7.39. The number of halogens is 1. The summed E-state index contributed by atoms with van der Waals surface area (Å²) >= 11 is 0. The van der Waals surface area contributed by atoms with Gasteiger partial charge in [0, 0.05) is 11.6 Å². The normalized spacial score (nSPS) is 11.4. The summed E-state index contributed by atoms with van der Waals surface area (Å²) in [5.74, 6) is -0.288. The third-order valence-corrected chi connectivity index (χ3v) is 1.20. The van der Waals surface area contributed by atoms with Gasteiger partial charge in [-0.25, -0.2) is 0 Å². The van der Waals surface area contributed by atoms with Crippen LogP contribution in [0.4, 0.5) is 16.2 Å². The van der Waals surface area contributed by atoms with Crippen molar-refractivity contribution in [2.24, 2.45) is 0 Å². The van der Waals surface area contributed by atoms with E-state index in [2.05, 4.69) is 15.3 Å². The molecule has 0 amide bonds. The van der Waals surface area contributed by atoms with Gasteiger partial charge >= 0.3 is 0 Å². The number of nitrogens with two attached hydrogens (primary N) is 1. The predicted octanol–water partition coefficient (Wildman–Crippen LogP) is 1.41. The lowest BCUT2D eigenvalue weighted by molar-refractivity contribution is 0.572. The number of aromatic nitrogens is 2. The van der Waals surface area contributed by atoms with E-state index >= 15 is 0 Å². The Morgan fingerprint density at radius 1 is 1.38 bits per heavy atom. The van der Waals surface area contributed by atoms with E-state index in [-0.39, 0.29) is 17.3 Å². The van der Waals surface area contributed by atoms with Gasteiger partial charge in [0.15, 0.2) is 0 Å². The zero-order valence-electron chi connectivity index (χ0n) is 7.93. The van der Waals surface area contributed by atoms with Crippen molar-refractivity contribution in [3.05, 3.63) is 12.0 Å². The van der Waals surface area contributed by atoms with Crippen LogP contribution in [0.15, 0.2) is 6.07 Å². The summed E-state index contributed by atoms with van der Waals surface area (Å²) in [7, 11) is 0. The minimum Gasteiger partial charge on any atom is -0.383 e. The summed E-state index contributed by atoms with van der Waals surface area (Å²) in [6.45, 7) is 5.78. The molecule has 1 aromatic rings. The summed E-state index contributed by atoms with van der Waals surface area (Å²) in [5.41, 5.74) is 5.14. The van der Waals surface area contributed by atoms with Gasteiger partial charge in [-0.05, 0) is 20.8 Å². The molecule has 0 radical (unpaired) electrons. The molecule has 0 bridgehead atoms. The molecule has 4 nitrogen and oxygen atoms in total. The van der Waals surface area contributed by atoms with Crippen LogP contribution in [0.5, 0.6) is 0 Å². The van der Waals surface area contributed by atoms with Crippen molar-refractivity contribution in [2.75, 3.05) is 11.1 Å². The first-order valence-electron chi connectivity index (χ1n) is 3.95. The first kappa shape index (κ1) is 9.70. The van der Waals surface area contributed by atoms with E-state index in [4.69, 9.17) is 5.73 Å². The standard InChI is InChI=1S/C8H13FN4/c1-8(2,3)13-7-11-5(9)4-6(10)12-7/h4H,1-3H3,(H3,10,11,12,13). The molecule has 0 saturated carbocycles. The van der Waals surface area contributed by atoms with E-state index in [0.29, 0.717) is 0 Å². The van der Waals surface area contributed by atoms with Gasteiger partial charge in [-0.3, -0.25) is 0 Å². The molecule has 72 valence electrons. The smallest absolute Gasteiger partial charge is 0.227 e. The molecule has 1 heterocycles. The molecule has 0 saturated heterocycles. The van der Waals surface area contributed by atoms with E-state index in [1.165, 1.54) is 0 Å². The number of nitrogens with zero attached hydrogens (tertiary/aromatic N) is 2. The summed E-state index contributed by atoms with van der Waals surface area (Å²) < 4.78 is 12.7. The minimum absolute atomic E-state index is 0.124. The molecular formula is C8H13FN4. The highest BCUT2D eigenvalue weighted by atomic mass is 19.1. The van der Waals surface area contributed by atoms with Crippen LogP contribution in [0.25, 0.3) is 0 Å². The maximum Gasteiger partial charge on any atom is 0.227 e. The molecule has 0 unspecified atom stereocenters. The number of nitrogens with one attached hydrogen (secondary N) is 1. The summed E-state index contributed by atoms with van der Waals surface area (Å²) in [6, 6.07) is 1.08. The maximum atomic E-state index is 12.7. The molecule has 3 N–H and O–H groups in total. The number of nitrogen functional groups attached to an aromatic ring is 1. The molecule has 0 aliphatic rings. The second kappa shape index (κ2) is 3.16. The monoisotopic (exact) mass is 184 g/mol. The molecule has 13 heavy (non-hydrogen) atoms. The molecule has 0 spiro atoms. The van der Waals surface area contributed by atoms with Gasteiger partial charge in [-0.15, -0.1) is 0 Å². The van der Waals surface area contributed by atoms with Crippen molar-refractivity contribution in [2.45, 2.75) is 26.3 Å². The Labute approximate surface area is 76.4 Å². The lowest BCUT2D eigenvalue weighted by atomic mass is 10.1. The lowest BCUT2D eigenvalue weighted by Crippen LogP contribution is -2.27. The highest BCUT2D eigenvalue weighted by Gasteiger charge is 2.12. The number of rotatable bonds is 1. The van der Waals surface area contributed by atoms with Crippen LogP contribution < -0.4 is 11.1 Å². The highest BCUT2D eigenvalue weighted by molar-refractivity contribution is 5.37. The van der Waals surface area contributed by atoms with Gasteiger partial charge in [0.05, 0.1) is 0 Å². The third kappa shape index (κ3) is 3.23. The Kier molecular flexibility index (Phi) is 2.36. The maximum absolute atomic E-state index is 12.7. The van der Waals surface area contributed by atoms with Crippen LogP contribution in [0.3, 0.4) is 0 Å². The van der Waals surface area contributed by atoms with Crippen LogP contribution in [0.2, 0.25) is 0 Å². The van der Waals surface area contributed by atoms with Crippen molar-refractivity contribution < 1.29 is 4.39 Å². The fourth-order valence-corrected chi connectivity index (χ4v) is 0.826. The fraction of sp³-hybridized carbons (Fsp3) is 0.500. The molecule has 5 heteroatoms. The second-order valence-electron chi connectivity index (χ2n) is 3.81. The zero-order chi connectivity index (χ0) is 10.1. The van der Waals surface area contributed by atoms with Gasteiger partial charge < -0.3 is 11.1 Å². The Hall–Kier alpha value is -1.39. The van der Waals surface area contributed by atoms with Crippen molar-refractivity contribution >= 4 is 11.8 Å². The Morgan fingerprint density at radius 2 is 2.00 bits per heavy atom. The first-order valence-corrected chi connectivity index (χ1v) is 3.95. The molecule has 1 aromatic heterocycles. The predicted molar refractivity (Wildman–Crippen MR) is 49.8 cm³/mol. The number of anilines is 2. The van der Waals surface area contributed by atoms with Crippen LogP contribution >= 0.6 is 0 Å². The van der Waals surface area contributed by atoms with Crippen molar-refractivity contribution in [3.63, 3.8) is 0 Å². The molecule has 0 aliphatic heterocycles.